The maximum Gasteiger partial charge on any atom is 0.472 e. The number of rotatable bonds is 55. The molecule has 0 radical (unpaired) electrons. The van der Waals surface area contributed by atoms with E-state index in [1.807, 2.05) is 0 Å². The van der Waals surface area contributed by atoms with Crippen molar-refractivity contribution in [3.63, 3.8) is 0 Å². The number of allylic oxidation sites excluding steroid dienone is 32. The van der Waals surface area contributed by atoms with E-state index in [2.05, 4.69) is 208 Å². The molecule has 0 fully saturated rings. The van der Waals surface area contributed by atoms with Crippen molar-refractivity contribution in [3.05, 3.63) is 194 Å². The second kappa shape index (κ2) is 64.0. The van der Waals surface area contributed by atoms with Crippen LogP contribution in [0.2, 0.25) is 0 Å². The van der Waals surface area contributed by atoms with Gasteiger partial charge >= 0.3 is 19.8 Å². The largest absolute Gasteiger partial charge is 0.472 e. The zero-order chi connectivity index (χ0) is 58.7. The van der Waals surface area contributed by atoms with Gasteiger partial charge in [-0.25, -0.2) is 4.57 Å². The molecular formula is C71H110NO8P. The summed E-state index contributed by atoms with van der Waals surface area (Å²) in [5.74, 6) is -0.892. The van der Waals surface area contributed by atoms with Gasteiger partial charge in [0, 0.05) is 19.4 Å². The maximum absolute atomic E-state index is 12.7. The van der Waals surface area contributed by atoms with Crippen LogP contribution in [0.3, 0.4) is 0 Å². The van der Waals surface area contributed by atoms with E-state index in [4.69, 9.17) is 24.3 Å². The molecule has 0 aromatic heterocycles. The number of hydrogen-bond donors (Lipinski definition) is 2. The van der Waals surface area contributed by atoms with Gasteiger partial charge < -0.3 is 20.1 Å². The minimum absolute atomic E-state index is 0.0349. The van der Waals surface area contributed by atoms with Crippen LogP contribution in [0.1, 0.15) is 206 Å². The molecule has 0 aromatic carbocycles. The zero-order valence-corrected chi connectivity index (χ0v) is 51.3. The van der Waals surface area contributed by atoms with Gasteiger partial charge in [-0.15, -0.1) is 0 Å². The first kappa shape index (κ1) is 75.8. The van der Waals surface area contributed by atoms with E-state index in [1.165, 1.54) is 0 Å². The van der Waals surface area contributed by atoms with Crippen molar-refractivity contribution in [1.29, 1.82) is 0 Å². The monoisotopic (exact) mass is 1140 g/mol. The fraction of sp³-hybridized carbons (Fsp3) is 0.521. The maximum atomic E-state index is 12.7. The summed E-state index contributed by atoms with van der Waals surface area (Å²) in [6.45, 7) is 3.43. The number of esters is 2. The summed E-state index contributed by atoms with van der Waals surface area (Å²) in [6, 6.07) is 0. The number of unbranched alkanes of at least 4 members (excludes halogenated alkanes) is 10. The molecule has 0 bridgehead atoms. The molecule has 0 saturated carbocycles. The summed E-state index contributed by atoms with van der Waals surface area (Å²) >= 11 is 0. The van der Waals surface area contributed by atoms with Gasteiger partial charge in [-0.3, -0.25) is 18.6 Å². The summed E-state index contributed by atoms with van der Waals surface area (Å²) in [5, 5.41) is 0. The average Bonchev–Trinajstić information content (AvgIpc) is 3.46. The summed E-state index contributed by atoms with van der Waals surface area (Å²) in [4.78, 5) is 35.2. The van der Waals surface area contributed by atoms with Crippen molar-refractivity contribution in [2.24, 2.45) is 5.73 Å². The van der Waals surface area contributed by atoms with Crippen LogP contribution in [0, 0.1) is 0 Å². The van der Waals surface area contributed by atoms with Gasteiger partial charge in [0.2, 0.25) is 0 Å². The summed E-state index contributed by atoms with van der Waals surface area (Å²) < 4.78 is 33.0. The van der Waals surface area contributed by atoms with Crippen molar-refractivity contribution in [1.82, 2.24) is 0 Å². The molecule has 0 aliphatic carbocycles. The third-order valence-corrected chi connectivity index (χ3v) is 13.0. The quantitative estimate of drug-likeness (QED) is 0.0264. The van der Waals surface area contributed by atoms with E-state index in [0.717, 1.165) is 167 Å². The SMILES string of the molecule is CC/C=C\C/C=C\C/C=C\C/C=C\C/C=C\C/C=C\C/C=C\C/C=C\C/C=C\C/C=C\CCCCCCC(=O)OC(COC(=O)CCCCCCCC/C=C\C/C=C\C/C=C\C/C=C\C/C=C\C/C=C\CC)COP(=O)(O)OCCN. The number of hydrogen-bond acceptors (Lipinski definition) is 8. The van der Waals surface area contributed by atoms with Gasteiger partial charge in [0.25, 0.3) is 0 Å². The third-order valence-electron chi connectivity index (χ3n) is 12.0. The first-order chi connectivity index (χ1) is 39.8. The second-order valence-corrected chi connectivity index (χ2v) is 20.9. The van der Waals surface area contributed by atoms with Crippen molar-refractivity contribution in [2.45, 2.75) is 213 Å². The molecule has 9 nitrogen and oxygen atoms in total. The highest BCUT2D eigenvalue weighted by Crippen LogP contribution is 2.43. The number of carbonyl (C=O) groups excluding carboxylic acids is 2. The molecular weight excluding hydrogens is 1030 g/mol. The van der Waals surface area contributed by atoms with E-state index < -0.39 is 32.5 Å². The Kier molecular flexibility index (Phi) is 60.0. The molecule has 0 aliphatic heterocycles. The molecule has 10 heteroatoms. The van der Waals surface area contributed by atoms with Crippen LogP contribution in [0.5, 0.6) is 0 Å². The van der Waals surface area contributed by atoms with E-state index in [9.17, 15) is 19.0 Å². The Bertz CT molecular complexity index is 2020. The highest BCUT2D eigenvalue weighted by Gasteiger charge is 2.26. The third kappa shape index (κ3) is 63.9. The molecule has 0 rings (SSSR count). The van der Waals surface area contributed by atoms with E-state index in [0.29, 0.717) is 12.8 Å². The van der Waals surface area contributed by atoms with Gasteiger partial charge in [0.1, 0.15) is 6.61 Å². The first-order valence-corrected chi connectivity index (χ1v) is 32.4. The molecule has 0 aliphatic rings. The predicted molar refractivity (Wildman–Crippen MR) is 348 cm³/mol. The Labute approximate surface area is 494 Å². The molecule has 0 saturated heterocycles. The smallest absolute Gasteiger partial charge is 0.462 e. The van der Waals surface area contributed by atoms with Crippen molar-refractivity contribution >= 4 is 19.8 Å². The predicted octanol–water partition coefficient (Wildman–Crippen LogP) is 20.2. The van der Waals surface area contributed by atoms with Gasteiger partial charge in [0.05, 0.1) is 13.2 Å². The molecule has 2 atom stereocenters. The lowest BCUT2D eigenvalue weighted by Crippen LogP contribution is -2.29. The zero-order valence-electron chi connectivity index (χ0n) is 50.4. The van der Waals surface area contributed by atoms with E-state index >= 15 is 0 Å². The fourth-order valence-corrected chi connectivity index (χ4v) is 8.25. The lowest BCUT2D eigenvalue weighted by Gasteiger charge is -2.19. The summed E-state index contributed by atoms with van der Waals surface area (Å²) in [5.41, 5.74) is 5.38. The number of ether oxygens (including phenoxy) is 2. The minimum atomic E-state index is -4.42. The standard InChI is InChI=1S/C71H110NO8P/c1-3-5-7-9-11-13-15-17-19-21-23-25-27-29-30-31-32-33-34-35-36-37-38-40-42-44-46-48-50-52-54-56-58-60-62-64-71(74)80-69(68-79-81(75,76)78-66-65-72)67-77-70(73)63-61-59-57-55-53-51-49-47-45-43-41-39-28-26-24-22-20-18-16-14-12-10-8-6-4-2/h5-8,11-14,17-20,23-26,29-30,32-33,35-36,38-41,44-47,50,52,69H,3-4,9-10,15-16,21-22,27-28,31,34,37,42-43,48-49,51,53-68,72H2,1-2H3,(H,75,76)/b7-5-,8-6-,13-11-,14-12-,19-17-,20-18-,25-23-,26-24-,30-29-,33-32-,36-35-,40-38-,41-39-,46-44-,47-45-,52-50-. The topological polar surface area (TPSA) is 134 Å². The molecule has 81 heavy (non-hydrogen) atoms. The molecule has 3 N–H and O–H groups in total. The van der Waals surface area contributed by atoms with Gasteiger partial charge in [-0.2, -0.15) is 0 Å². The second-order valence-electron chi connectivity index (χ2n) is 19.5. The number of nitrogens with two attached hydrogens (primary N) is 1. The highest BCUT2D eigenvalue weighted by atomic mass is 31.2. The van der Waals surface area contributed by atoms with Crippen LogP contribution in [0.25, 0.3) is 0 Å². The summed E-state index contributed by atoms with van der Waals surface area (Å²) in [6.07, 6.45) is 97.7. The molecule has 0 aromatic rings. The lowest BCUT2D eigenvalue weighted by molar-refractivity contribution is -0.161. The van der Waals surface area contributed by atoms with Crippen LogP contribution >= 0.6 is 7.82 Å². The molecule has 0 heterocycles. The van der Waals surface area contributed by atoms with E-state index in [1.54, 1.807) is 0 Å². The summed E-state index contributed by atoms with van der Waals surface area (Å²) in [7, 11) is -4.42. The Balaban J connectivity index is 4.13. The van der Waals surface area contributed by atoms with Crippen LogP contribution in [-0.2, 0) is 32.7 Å². The number of phosphoric acid groups is 1. The van der Waals surface area contributed by atoms with Crippen molar-refractivity contribution < 1.29 is 37.6 Å². The van der Waals surface area contributed by atoms with Crippen molar-refractivity contribution in [2.75, 3.05) is 26.4 Å². The molecule has 452 valence electrons. The van der Waals surface area contributed by atoms with Crippen LogP contribution < -0.4 is 5.73 Å². The normalized spacial score (nSPS) is 14.4. The number of carbonyl (C=O) groups is 2. The van der Waals surface area contributed by atoms with Crippen LogP contribution in [0.15, 0.2) is 194 Å². The molecule has 0 amide bonds. The highest BCUT2D eigenvalue weighted by molar-refractivity contribution is 7.47. The van der Waals surface area contributed by atoms with Gasteiger partial charge in [-0.05, 0) is 141 Å². The minimum Gasteiger partial charge on any atom is -0.462 e. The van der Waals surface area contributed by atoms with Crippen molar-refractivity contribution in [3.8, 4) is 0 Å². The lowest BCUT2D eigenvalue weighted by atomic mass is 10.1. The van der Waals surface area contributed by atoms with Crippen LogP contribution in [0.4, 0.5) is 0 Å². The van der Waals surface area contributed by atoms with Gasteiger partial charge in [0.15, 0.2) is 6.10 Å². The number of phosphoric ester groups is 1. The average molecular weight is 1140 g/mol. The van der Waals surface area contributed by atoms with Crippen LogP contribution in [-0.4, -0.2) is 49.3 Å². The Hall–Kier alpha value is -5.15. The van der Waals surface area contributed by atoms with Gasteiger partial charge in [-0.1, -0.05) is 247 Å². The Morgan fingerprint density at radius 1 is 0.370 bits per heavy atom. The first-order valence-electron chi connectivity index (χ1n) is 30.9. The molecule has 2 unspecified atom stereocenters. The molecule has 0 spiro atoms. The fourth-order valence-electron chi connectivity index (χ4n) is 7.49. The van der Waals surface area contributed by atoms with E-state index in [-0.39, 0.29) is 32.6 Å². The Morgan fingerprint density at radius 2 is 0.642 bits per heavy atom. The Morgan fingerprint density at radius 3 is 0.951 bits per heavy atom.